The van der Waals surface area contributed by atoms with Crippen LogP contribution in [-0.4, -0.2) is 9.91 Å². The molecule has 21 heavy (non-hydrogen) atoms. The number of rotatable bonds is 1. The van der Waals surface area contributed by atoms with Crippen molar-refractivity contribution in [2.45, 2.75) is 6.42 Å². The molecule has 1 heterocycles. The van der Waals surface area contributed by atoms with Crippen LogP contribution in [0.15, 0.2) is 42.5 Å². The highest BCUT2D eigenvalue weighted by Gasteiger charge is 2.23. The fourth-order valence-electron chi connectivity index (χ4n) is 2.93. The van der Waals surface area contributed by atoms with Gasteiger partial charge in [0.05, 0.1) is 16.1 Å². The molecule has 0 saturated carbocycles. The first-order valence-corrected chi connectivity index (χ1v) is 6.60. The number of nitrogens with zero attached hydrogens (tertiary/aromatic N) is 2. The van der Waals surface area contributed by atoms with Gasteiger partial charge in [-0.05, 0) is 11.6 Å². The maximum absolute atomic E-state index is 10.9. The van der Waals surface area contributed by atoms with Gasteiger partial charge < -0.3 is 5.73 Å². The zero-order valence-electron chi connectivity index (χ0n) is 11.0. The Balaban J connectivity index is 2.05. The number of fused-ring (bicyclic) bond motifs is 4. The van der Waals surface area contributed by atoms with E-state index in [2.05, 4.69) is 11.1 Å². The van der Waals surface area contributed by atoms with Crippen LogP contribution < -0.4 is 5.73 Å². The second-order valence-electron chi connectivity index (χ2n) is 5.15. The normalized spacial score (nSPS) is 12.2. The summed E-state index contributed by atoms with van der Waals surface area (Å²) >= 11 is 0. The molecule has 1 aliphatic rings. The SMILES string of the molecule is Nc1c2c(nc3cc([N+](=O)[O-])ccc13)-c1ccccc1C2. The average molecular weight is 277 g/mol. The van der Waals surface area contributed by atoms with E-state index in [0.717, 1.165) is 28.6 Å². The van der Waals surface area contributed by atoms with Gasteiger partial charge in [0.15, 0.2) is 0 Å². The van der Waals surface area contributed by atoms with Crippen molar-refractivity contribution in [1.82, 2.24) is 4.98 Å². The summed E-state index contributed by atoms with van der Waals surface area (Å²) < 4.78 is 0. The number of nitrogens with two attached hydrogens (primary N) is 1. The van der Waals surface area contributed by atoms with Gasteiger partial charge in [0, 0.05) is 40.8 Å². The summed E-state index contributed by atoms with van der Waals surface area (Å²) in [7, 11) is 0. The van der Waals surface area contributed by atoms with Crippen molar-refractivity contribution in [1.29, 1.82) is 0 Å². The van der Waals surface area contributed by atoms with Gasteiger partial charge >= 0.3 is 0 Å². The molecule has 0 bridgehead atoms. The van der Waals surface area contributed by atoms with E-state index in [0.29, 0.717) is 11.2 Å². The van der Waals surface area contributed by atoms with Crippen LogP contribution >= 0.6 is 0 Å². The Labute approximate surface area is 120 Å². The number of nitro groups is 1. The number of benzene rings is 2. The number of hydrogen-bond donors (Lipinski definition) is 1. The molecule has 0 radical (unpaired) electrons. The third kappa shape index (κ3) is 1.61. The zero-order valence-corrected chi connectivity index (χ0v) is 11.0. The van der Waals surface area contributed by atoms with Crippen LogP contribution in [0, 0.1) is 10.1 Å². The summed E-state index contributed by atoms with van der Waals surface area (Å²) in [6.45, 7) is 0. The molecule has 4 rings (SSSR count). The van der Waals surface area contributed by atoms with E-state index in [1.165, 1.54) is 17.7 Å². The highest BCUT2D eigenvalue weighted by Crippen LogP contribution is 2.41. The molecule has 3 aromatic rings. The van der Waals surface area contributed by atoms with E-state index in [1.54, 1.807) is 6.07 Å². The molecule has 5 heteroatoms. The minimum absolute atomic E-state index is 0.0284. The number of nitro benzene ring substituents is 1. The largest absolute Gasteiger partial charge is 0.398 e. The summed E-state index contributed by atoms with van der Waals surface area (Å²) in [4.78, 5) is 15.1. The molecular formula is C16H11N3O2. The number of hydrogen-bond acceptors (Lipinski definition) is 4. The van der Waals surface area contributed by atoms with Crippen molar-refractivity contribution in [3.63, 3.8) is 0 Å². The summed E-state index contributed by atoms with van der Waals surface area (Å²) in [5, 5.41) is 11.7. The molecule has 2 aromatic carbocycles. The Morgan fingerprint density at radius 1 is 1.19 bits per heavy atom. The second-order valence-corrected chi connectivity index (χ2v) is 5.15. The minimum atomic E-state index is -0.418. The van der Waals surface area contributed by atoms with Crippen LogP contribution in [-0.2, 0) is 6.42 Å². The molecule has 0 amide bonds. The number of non-ortho nitro benzene ring substituents is 1. The maximum atomic E-state index is 10.9. The highest BCUT2D eigenvalue weighted by molar-refractivity contribution is 5.98. The smallest absolute Gasteiger partial charge is 0.271 e. The molecule has 1 aromatic heterocycles. The predicted molar refractivity (Wildman–Crippen MR) is 81.1 cm³/mol. The van der Waals surface area contributed by atoms with Gasteiger partial charge in [0.1, 0.15) is 0 Å². The van der Waals surface area contributed by atoms with Crippen LogP contribution in [0.5, 0.6) is 0 Å². The van der Waals surface area contributed by atoms with Crippen molar-refractivity contribution in [3.05, 3.63) is 63.7 Å². The van der Waals surface area contributed by atoms with Crippen LogP contribution in [0.2, 0.25) is 0 Å². The lowest BCUT2D eigenvalue weighted by atomic mass is 10.1. The topological polar surface area (TPSA) is 82.0 Å². The monoisotopic (exact) mass is 277 g/mol. The van der Waals surface area contributed by atoms with Crippen LogP contribution in [0.25, 0.3) is 22.2 Å². The lowest BCUT2D eigenvalue weighted by Gasteiger charge is -2.08. The fourth-order valence-corrected chi connectivity index (χ4v) is 2.93. The Bertz CT molecular complexity index is 919. The lowest BCUT2D eigenvalue weighted by molar-refractivity contribution is -0.384. The lowest BCUT2D eigenvalue weighted by Crippen LogP contribution is -1.98. The molecule has 0 unspecified atom stereocenters. The average Bonchev–Trinajstić information content (AvgIpc) is 2.86. The van der Waals surface area contributed by atoms with Crippen molar-refractivity contribution in [2.75, 3.05) is 5.73 Å². The zero-order chi connectivity index (χ0) is 14.6. The van der Waals surface area contributed by atoms with E-state index in [9.17, 15) is 10.1 Å². The third-order valence-electron chi connectivity index (χ3n) is 3.97. The summed E-state index contributed by atoms with van der Waals surface area (Å²) in [6, 6.07) is 12.6. The number of aromatic nitrogens is 1. The van der Waals surface area contributed by atoms with Gasteiger partial charge in [-0.1, -0.05) is 24.3 Å². The number of anilines is 1. The second kappa shape index (κ2) is 4.02. The molecule has 0 spiro atoms. The molecule has 0 aliphatic heterocycles. The van der Waals surface area contributed by atoms with Crippen LogP contribution in [0.1, 0.15) is 11.1 Å². The standard InChI is InChI=1S/C16H11N3O2/c17-15-12-6-5-10(19(20)21)8-14(12)18-16-11-4-2-1-3-9(11)7-13(15)16/h1-6,8H,7H2,(H2,17,18). The van der Waals surface area contributed by atoms with Gasteiger partial charge in [-0.2, -0.15) is 0 Å². The number of pyridine rings is 1. The summed E-state index contributed by atoms with van der Waals surface area (Å²) in [5.41, 5.74) is 11.6. The van der Waals surface area contributed by atoms with Crippen molar-refractivity contribution < 1.29 is 4.92 Å². The van der Waals surface area contributed by atoms with Gasteiger partial charge in [-0.3, -0.25) is 10.1 Å². The van der Waals surface area contributed by atoms with Gasteiger partial charge in [-0.15, -0.1) is 0 Å². The van der Waals surface area contributed by atoms with Crippen molar-refractivity contribution in [3.8, 4) is 11.3 Å². The Morgan fingerprint density at radius 3 is 2.81 bits per heavy atom. The van der Waals surface area contributed by atoms with Crippen molar-refractivity contribution in [2.24, 2.45) is 0 Å². The van der Waals surface area contributed by atoms with E-state index < -0.39 is 4.92 Å². The first-order valence-electron chi connectivity index (χ1n) is 6.60. The third-order valence-corrected chi connectivity index (χ3v) is 3.97. The highest BCUT2D eigenvalue weighted by atomic mass is 16.6. The molecule has 0 saturated heterocycles. The Kier molecular flexibility index (Phi) is 2.27. The fraction of sp³-hybridized carbons (Fsp3) is 0.0625. The molecule has 1 aliphatic carbocycles. The molecule has 0 fully saturated rings. The molecule has 2 N–H and O–H groups in total. The number of nitrogen functional groups attached to an aromatic ring is 1. The van der Waals surface area contributed by atoms with Crippen LogP contribution in [0.3, 0.4) is 0 Å². The Morgan fingerprint density at radius 2 is 2.00 bits per heavy atom. The molecule has 5 nitrogen and oxygen atoms in total. The summed E-state index contributed by atoms with van der Waals surface area (Å²) in [6.07, 6.45) is 0.761. The van der Waals surface area contributed by atoms with Crippen molar-refractivity contribution >= 4 is 22.3 Å². The predicted octanol–water partition coefficient (Wildman–Crippen LogP) is 3.30. The summed E-state index contributed by atoms with van der Waals surface area (Å²) in [5.74, 6) is 0. The Hall–Kier alpha value is -2.95. The van der Waals surface area contributed by atoms with E-state index in [1.807, 2.05) is 18.2 Å². The molecule has 102 valence electrons. The van der Waals surface area contributed by atoms with Gasteiger partial charge in [0.25, 0.3) is 5.69 Å². The first-order chi connectivity index (χ1) is 10.1. The maximum Gasteiger partial charge on any atom is 0.271 e. The first kappa shape index (κ1) is 11.8. The van der Waals surface area contributed by atoms with E-state index in [4.69, 9.17) is 5.73 Å². The quantitative estimate of drug-likeness (QED) is 0.427. The molecular weight excluding hydrogens is 266 g/mol. The van der Waals surface area contributed by atoms with E-state index >= 15 is 0 Å². The van der Waals surface area contributed by atoms with Crippen LogP contribution in [0.4, 0.5) is 11.4 Å². The minimum Gasteiger partial charge on any atom is -0.398 e. The van der Waals surface area contributed by atoms with E-state index in [-0.39, 0.29) is 5.69 Å². The van der Waals surface area contributed by atoms with Gasteiger partial charge in [0.2, 0.25) is 0 Å². The van der Waals surface area contributed by atoms with Gasteiger partial charge in [-0.25, -0.2) is 4.98 Å². The molecule has 0 atom stereocenters.